The quantitative estimate of drug-likeness (QED) is 0.730. The molecule has 110 valence electrons. The van der Waals surface area contributed by atoms with Gasteiger partial charge in [-0.15, -0.1) is 0 Å². The minimum atomic E-state index is -3.81. The van der Waals surface area contributed by atoms with Crippen LogP contribution in [0.1, 0.15) is 23.7 Å². The van der Waals surface area contributed by atoms with Gasteiger partial charge in [0, 0.05) is 24.8 Å². The molecule has 0 saturated carbocycles. The van der Waals surface area contributed by atoms with E-state index in [1.807, 2.05) is 0 Å². The average molecular weight is 300 g/mol. The number of hydrogen-bond acceptors (Lipinski definition) is 4. The molecule has 0 unspecified atom stereocenters. The number of nitrogens with zero attached hydrogens (tertiary/aromatic N) is 1. The molecular weight excluding hydrogens is 284 g/mol. The van der Waals surface area contributed by atoms with Gasteiger partial charge in [0.1, 0.15) is 0 Å². The fourth-order valence-corrected chi connectivity index (χ4v) is 2.29. The topological polar surface area (TPSA) is 104 Å². The summed E-state index contributed by atoms with van der Waals surface area (Å²) in [5.74, 6) is -1.18. The zero-order valence-corrected chi connectivity index (χ0v) is 12.0. The number of anilines is 1. The van der Waals surface area contributed by atoms with Crippen molar-refractivity contribution >= 4 is 27.6 Å². The minimum Gasteiger partial charge on any atom is -0.481 e. The number of carboxylic acid groups (broad SMARTS) is 1. The number of rotatable bonds is 7. The van der Waals surface area contributed by atoms with Gasteiger partial charge in [-0.25, -0.2) is 0 Å². The number of benzene rings is 1. The lowest BCUT2D eigenvalue weighted by molar-refractivity contribution is -0.137. The lowest BCUT2D eigenvalue weighted by Gasteiger charge is -2.17. The molecule has 1 aromatic carbocycles. The third kappa shape index (κ3) is 4.63. The maximum absolute atomic E-state index is 11.9. The molecule has 0 saturated heterocycles. The fraction of sp³-hybridized carbons (Fsp3) is 0.333. The molecule has 0 heterocycles. The van der Waals surface area contributed by atoms with E-state index in [0.717, 1.165) is 4.31 Å². The summed E-state index contributed by atoms with van der Waals surface area (Å²) in [5.41, 5.74) is 0.782. The molecule has 0 amide bonds. The summed E-state index contributed by atoms with van der Waals surface area (Å²) >= 11 is 0. The molecule has 0 aliphatic rings. The first-order chi connectivity index (χ1) is 9.22. The number of aliphatic carboxylic acids is 1. The molecule has 0 atom stereocenters. The van der Waals surface area contributed by atoms with Crippen LogP contribution in [0.15, 0.2) is 24.3 Å². The van der Waals surface area contributed by atoms with Crippen molar-refractivity contribution in [2.24, 2.45) is 0 Å². The molecule has 20 heavy (non-hydrogen) atoms. The molecule has 1 aromatic rings. The van der Waals surface area contributed by atoms with E-state index in [9.17, 15) is 18.0 Å². The highest BCUT2D eigenvalue weighted by Gasteiger charge is 2.18. The predicted molar refractivity (Wildman–Crippen MR) is 73.9 cm³/mol. The zero-order valence-electron chi connectivity index (χ0n) is 11.2. The molecule has 8 heteroatoms. The normalized spacial score (nSPS) is 11.3. The van der Waals surface area contributed by atoms with Crippen LogP contribution in [-0.4, -0.2) is 43.2 Å². The first-order valence-electron chi connectivity index (χ1n) is 5.79. The lowest BCUT2D eigenvalue weighted by Crippen LogP contribution is -2.34. The van der Waals surface area contributed by atoms with Gasteiger partial charge in [-0.1, -0.05) is 0 Å². The molecule has 1 rings (SSSR count). The Morgan fingerprint density at radius 1 is 1.25 bits per heavy atom. The van der Waals surface area contributed by atoms with E-state index in [1.54, 1.807) is 0 Å². The maximum atomic E-state index is 11.9. The molecule has 0 fully saturated rings. The summed E-state index contributed by atoms with van der Waals surface area (Å²) in [6.07, 6.45) is -0.277. The Balaban J connectivity index is 2.75. The second-order valence-corrected chi connectivity index (χ2v) is 5.98. The van der Waals surface area contributed by atoms with Crippen LogP contribution in [0, 0.1) is 0 Å². The summed E-state index contributed by atoms with van der Waals surface area (Å²) in [7, 11) is -2.52. The van der Waals surface area contributed by atoms with E-state index in [4.69, 9.17) is 5.11 Å². The molecule has 0 spiro atoms. The second-order valence-electron chi connectivity index (χ2n) is 4.21. The van der Waals surface area contributed by atoms with Crippen molar-refractivity contribution in [1.29, 1.82) is 0 Å². The first-order valence-corrected chi connectivity index (χ1v) is 7.23. The molecule has 0 radical (unpaired) electrons. The Kier molecular flexibility index (Phi) is 5.23. The van der Waals surface area contributed by atoms with Crippen LogP contribution in [0.3, 0.4) is 0 Å². The summed E-state index contributed by atoms with van der Waals surface area (Å²) in [6.45, 7) is 1.29. The van der Waals surface area contributed by atoms with Gasteiger partial charge < -0.3 is 5.11 Å². The lowest BCUT2D eigenvalue weighted by atomic mass is 10.1. The van der Waals surface area contributed by atoms with Crippen molar-refractivity contribution in [1.82, 2.24) is 4.31 Å². The van der Waals surface area contributed by atoms with E-state index in [1.165, 1.54) is 38.2 Å². The van der Waals surface area contributed by atoms with Crippen LogP contribution in [-0.2, 0) is 15.0 Å². The van der Waals surface area contributed by atoms with Crippen LogP contribution >= 0.6 is 0 Å². The average Bonchev–Trinajstić information content (AvgIpc) is 2.35. The number of hydrogen-bond donors (Lipinski definition) is 2. The SMILES string of the molecule is CC(=O)c1ccc(NS(=O)(=O)N(C)CCC(=O)O)cc1. The monoisotopic (exact) mass is 300 g/mol. The van der Waals surface area contributed by atoms with Crippen LogP contribution in [0.2, 0.25) is 0 Å². The van der Waals surface area contributed by atoms with Gasteiger partial charge in [0.2, 0.25) is 0 Å². The van der Waals surface area contributed by atoms with Crippen molar-refractivity contribution in [3.8, 4) is 0 Å². The summed E-state index contributed by atoms with van der Waals surface area (Å²) < 4.78 is 27.0. The van der Waals surface area contributed by atoms with Crippen molar-refractivity contribution in [2.45, 2.75) is 13.3 Å². The molecule has 0 aliphatic carbocycles. The highest BCUT2D eigenvalue weighted by atomic mass is 32.2. The fourth-order valence-electron chi connectivity index (χ4n) is 1.37. The van der Waals surface area contributed by atoms with Gasteiger partial charge in [0.05, 0.1) is 6.42 Å². The van der Waals surface area contributed by atoms with Crippen LogP contribution < -0.4 is 4.72 Å². The highest BCUT2D eigenvalue weighted by Crippen LogP contribution is 2.13. The third-order valence-electron chi connectivity index (χ3n) is 2.59. The second kappa shape index (κ2) is 6.49. The van der Waals surface area contributed by atoms with Crippen molar-refractivity contribution in [3.05, 3.63) is 29.8 Å². The summed E-state index contributed by atoms with van der Waals surface area (Å²) in [6, 6.07) is 5.97. The predicted octanol–water partition coefficient (Wildman–Crippen LogP) is 0.952. The summed E-state index contributed by atoms with van der Waals surface area (Å²) in [4.78, 5) is 21.5. The minimum absolute atomic E-state index is 0.113. The molecule has 0 aromatic heterocycles. The Labute approximate surface area is 117 Å². The van der Waals surface area contributed by atoms with E-state index >= 15 is 0 Å². The number of ketones is 1. The third-order valence-corrected chi connectivity index (χ3v) is 4.09. The molecule has 2 N–H and O–H groups in total. The smallest absolute Gasteiger partial charge is 0.304 e. The Hall–Kier alpha value is -1.93. The Morgan fingerprint density at radius 3 is 2.25 bits per heavy atom. The Morgan fingerprint density at radius 2 is 1.80 bits per heavy atom. The van der Waals surface area contributed by atoms with Crippen molar-refractivity contribution in [3.63, 3.8) is 0 Å². The molecular formula is C12H16N2O5S. The van der Waals surface area contributed by atoms with Gasteiger partial charge in [0.25, 0.3) is 0 Å². The number of carbonyl (C=O) groups excluding carboxylic acids is 1. The standard InChI is InChI=1S/C12H16N2O5S/c1-9(15)10-3-5-11(6-4-10)13-20(18,19)14(2)8-7-12(16)17/h3-6,13H,7-8H2,1-2H3,(H,16,17). The van der Waals surface area contributed by atoms with Crippen LogP contribution in [0.5, 0.6) is 0 Å². The van der Waals surface area contributed by atoms with Gasteiger partial charge in [-0.3, -0.25) is 14.3 Å². The molecule has 0 aliphatic heterocycles. The van der Waals surface area contributed by atoms with Gasteiger partial charge in [-0.2, -0.15) is 12.7 Å². The van der Waals surface area contributed by atoms with Crippen molar-refractivity contribution in [2.75, 3.05) is 18.3 Å². The first kappa shape index (κ1) is 16.1. The molecule has 7 nitrogen and oxygen atoms in total. The number of carbonyl (C=O) groups is 2. The van der Waals surface area contributed by atoms with Gasteiger partial charge in [-0.05, 0) is 31.2 Å². The zero-order chi connectivity index (χ0) is 15.3. The van der Waals surface area contributed by atoms with E-state index in [-0.39, 0.29) is 18.7 Å². The number of carboxylic acids is 1. The van der Waals surface area contributed by atoms with E-state index in [2.05, 4.69) is 4.72 Å². The largest absolute Gasteiger partial charge is 0.481 e. The number of nitrogens with one attached hydrogen (secondary N) is 1. The van der Waals surface area contributed by atoms with Crippen LogP contribution in [0.25, 0.3) is 0 Å². The van der Waals surface area contributed by atoms with E-state index < -0.39 is 16.2 Å². The van der Waals surface area contributed by atoms with Gasteiger partial charge in [0.15, 0.2) is 5.78 Å². The van der Waals surface area contributed by atoms with E-state index in [0.29, 0.717) is 11.3 Å². The Bertz CT molecular complexity index is 595. The molecule has 0 bridgehead atoms. The van der Waals surface area contributed by atoms with Gasteiger partial charge >= 0.3 is 16.2 Å². The number of Topliss-reactive ketones (excluding diaryl/α,β-unsaturated/α-hetero) is 1. The maximum Gasteiger partial charge on any atom is 0.304 e. The summed E-state index contributed by atoms with van der Waals surface area (Å²) in [5, 5.41) is 8.53. The van der Waals surface area contributed by atoms with Crippen molar-refractivity contribution < 1.29 is 23.1 Å². The highest BCUT2D eigenvalue weighted by molar-refractivity contribution is 7.90. The van der Waals surface area contributed by atoms with Crippen LogP contribution in [0.4, 0.5) is 5.69 Å².